The Labute approximate surface area is 120 Å². The molecule has 0 aliphatic heterocycles. The van der Waals surface area contributed by atoms with E-state index in [1.807, 2.05) is 13.8 Å². The summed E-state index contributed by atoms with van der Waals surface area (Å²) in [6.07, 6.45) is 0. The lowest BCUT2D eigenvalue weighted by atomic mass is 10.2. The minimum absolute atomic E-state index is 0.0201. The summed E-state index contributed by atoms with van der Waals surface area (Å²) in [6, 6.07) is 5.27. The van der Waals surface area contributed by atoms with Crippen LogP contribution in [0, 0.1) is 5.92 Å². The third kappa shape index (κ3) is 3.80. The van der Waals surface area contributed by atoms with E-state index in [0.717, 1.165) is 0 Å². The summed E-state index contributed by atoms with van der Waals surface area (Å²) in [4.78, 5) is 11.0. The minimum atomic E-state index is -3.68. The van der Waals surface area contributed by atoms with E-state index < -0.39 is 16.0 Å². The van der Waals surface area contributed by atoms with E-state index in [4.69, 9.17) is 5.11 Å². The van der Waals surface area contributed by atoms with Gasteiger partial charge in [-0.15, -0.1) is 0 Å². The van der Waals surface area contributed by atoms with Crippen LogP contribution < -0.4 is 0 Å². The smallest absolute Gasteiger partial charge is 0.335 e. The van der Waals surface area contributed by atoms with Crippen molar-refractivity contribution in [3.8, 4) is 0 Å². The molecule has 0 radical (unpaired) electrons. The number of nitrogens with zero attached hydrogens (tertiary/aromatic N) is 1. The van der Waals surface area contributed by atoms with Gasteiger partial charge in [0.25, 0.3) is 0 Å². The number of hydrogen-bond acceptors (Lipinski definition) is 3. The first-order valence-electron chi connectivity index (χ1n) is 6.51. The van der Waals surface area contributed by atoms with Crippen molar-refractivity contribution in [2.75, 3.05) is 6.54 Å². The molecule has 0 saturated carbocycles. The van der Waals surface area contributed by atoms with Crippen LogP contribution in [0.5, 0.6) is 0 Å². The minimum Gasteiger partial charge on any atom is -0.478 e. The zero-order valence-corrected chi connectivity index (χ0v) is 13.0. The predicted octanol–water partition coefficient (Wildman–Crippen LogP) is 2.44. The van der Waals surface area contributed by atoms with Gasteiger partial charge < -0.3 is 5.11 Å². The van der Waals surface area contributed by atoms with E-state index in [1.54, 1.807) is 13.8 Å². The van der Waals surface area contributed by atoms with Crippen molar-refractivity contribution in [1.29, 1.82) is 0 Å². The van der Waals surface area contributed by atoms with Crippen LogP contribution in [-0.4, -0.2) is 36.4 Å². The molecule has 0 unspecified atom stereocenters. The van der Waals surface area contributed by atoms with Crippen LogP contribution in [0.4, 0.5) is 0 Å². The second-order valence-electron chi connectivity index (χ2n) is 5.40. The fraction of sp³-hybridized carbons (Fsp3) is 0.500. The molecule has 112 valence electrons. The number of aromatic carboxylic acids is 1. The maximum Gasteiger partial charge on any atom is 0.335 e. The number of carbonyl (C=O) groups is 1. The maximum absolute atomic E-state index is 12.6. The number of rotatable bonds is 6. The van der Waals surface area contributed by atoms with Crippen LogP contribution in [-0.2, 0) is 10.0 Å². The molecule has 0 heterocycles. The van der Waals surface area contributed by atoms with Crippen molar-refractivity contribution in [2.45, 2.75) is 38.6 Å². The lowest BCUT2D eigenvalue weighted by molar-refractivity contribution is 0.0696. The third-order valence-corrected chi connectivity index (χ3v) is 4.85. The molecule has 0 bridgehead atoms. The Morgan fingerprint density at radius 1 is 1.25 bits per heavy atom. The molecule has 0 aliphatic carbocycles. The average molecular weight is 299 g/mol. The Morgan fingerprint density at radius 3 is 2.30 bits per heavy atom. The monoisotopic (exact) mass is 299 g/mol. The fourth-order valence-corrected chi connectivity index (χ4v) is 3.72. The highest BCUT2D eigenvalue weighted by molar-refractivity contribution is 7.89. The molecule has 1 aromatic rings. The summed E-state index contributed by atoms with van der Waals surface area (Å²) in [5, 5.41) is 8.96. The molecule has 0 saturated heterocycles. The second-order valence-corrected chi connectivity index (χ2v) is 7.29. The van der Waals surface area contributed by atoms with Crippen molar-refractivity contribution < 1.29 is 18.3 Å². The van der Waals surface area contributed by atoms with Gasteiger partial charge in [0.05, 0.1) is 10.5 Å². The number of carboxylic acid groups (broad SMARTS) is 1. The second kappa shape index (κ2) is 6.37. The van der Waals surface area contributed by atoms with E-state index in [9.17, 15) is 13.2 Å². The van der Waals surface area contributed by atoms with Gasteiger partial charge in [0, 0.05) is 12.6 Å². The van der Waals surface area contributed by atoms with Gasteiger partial charge in [0.15, 0.2) is 0 Å². The maximum atomic E-state index is 12.6. The molecule has 0 atom stereocenters. The molecular weight excluding hydrogens is 278 g/mol. The molecule has 1 N–H and O–H groups in total. The quantitative estimate of drug-likeness (QED) is 0.875. The van der Waals surface area contributed by atoms with Gasteiger partial charge in [0.1, 0.15) is 0 Å². The highest BCUT2D eigenvalue weighted by Crippen LogP contribution is 2.20. The molecule has 0 aliphatic rings. The summed E-state index contributed by atoms with van der Waals surface area (Å²) in [6.45, 7) is 7.90. The molecule has 20 heavy (non-hydrogen) atoms. The van der Waals surface area contributed by atoms with Crippen LogP contribution in [0.25, 0.3) is 0 Å². The van der Waals surface area contributed by atoms with Crippen molar-refractivity contribution in [1.82, 2.24) is 4.31 Å². The van der Waals surface area contributed by atoms with E-state index in [1.165, 1.54) is 28.6 Å². The van der Waals surface area contributed by atoms with E-state index >= 15 is 0 Å². The van der Waals surface area contributed by atoms with Crippen molar-refractivity contribution in [2.24, 2.45) is 5.92 Å². The van der Waals surface area contributed by atoms with Crippen LogP contribution >= 0.6 is 0 Å². The summed E-state index contributed by atoms with van der Waals surface area (Å²) in [5.41, 5.74) is -0.0284. The van der Waals surface area contributed by atoms with Crippen LogP contribution in [0.15, 0.2) is 29.2 Å². The molecule has 1 aromatic carbocycles. The standard InChI is InChI=1S/C14H21NO4S/c1-10(2)9-15(11(3)4)20(18,19)13-7-5-6-12(8-13)14(16)17/h5-8,10-11H,9H2,1-4H3,(H,16,17). The normalized spacial score (nSPS) is 12.3. The highest BCUT2D eigenvalue weighted by Gasteiger charge is 2.28. The molecule has 0 amide bonds. The largest absolute Gasteiger partial charge is 0.478 e. The number of hydrogen-bond donors (Lipinski definition) is 1. The lowest BCUT2D eigenvalue weighted by Gasteiger charge is -2.27. The van der Waals surface area contributed by atoms with Gasteiger partial charge >= 0.3 is 5.97 Å². The first kappa shape index (κ1) is 16.7. The molecule has 6 heteroatoms. The Morgan fingerprint density at radius 2 is 1.85 bits per heavy atom. The number of carboxylic acids is 1. The summed E-state index contributed by atoms with van der Waals surface area (Å²) in [7, 11) is -3.68. The predicted molar refractivity (Wildman–Crippen MR) is 77.3 cm³/mol. The zero-order chi connectivity index (χ0) is 15.5. The molecular formula is C14H21NO4S. The molecule has 1 rings (SSSR count). The summed E-state index contributed by atoms with van der Waals surface area (Å²) >= 11 is 0. The van der Waals surface area contributed by atoms with Crippen molar-refractivity contribution >= 4 is 16.0 Å². The third-order valence-electron chi connectivity index (χ3n) is 2.81. The summed E-state index contributed by atoms with van der Waals surface area (Å²) < 4.78 is 26.6. The van der Waals surface area contributed by atoms with Gasteiger partial charge in [-0.25, -0.2) is 13.2 Å². The van der Waals surface area contributed by atoms with Gasteiger partial charge in [-0.1, -0.05) is 19.9 Å². The van der Waals surface area contributed by atoms with E-state index in [-0.39, 0.29) is 22.4 Å². The Bertz CT molecular complexity index is 579. The zero-order valence-electron chi connectivity index (χ0n) is 12.2. The molecule has 0 fully saturated rings. The van der Waals surface area contributed by atoms with Gasteiger partial charge in [-0.3, -0.25) is 0 Å². The molecule has 0 aromatic heterocycles. The van der Waals surface area contributed by atoms with Gasteiger partial charge in [-0.2, -0.15) is 4.31 Å². The Balaban J connectivity index is 3.26. The first-order chi connectivity index (χ1) is 9.16. The fourth-order valence-electron chi connectivity index (χ4n) is 1.87. The SMILES string of the molecule is CC(C)CN(C(C)C)S(=O)(=O)c1cccc(C(=O)O)c1. The summed E-state index contributed by atoms with van der Waals surface area (Å²) in [5.74, 6) is -0.947. The van der Waals surface area contributed by atoms with Crippen LogP contribution in [0.1, 0.15) is 38.1 Å². The number of benzene rings is 1. The lowest BCUT2D eigenvalue weighted by Crippen LogP contribution is -2.39. The van der Waals surface area contributed by atoms with Gasteiger partial charge in [0.2, 0.25) is 10.0 Å². The first-order valence-corrected chi connectivity index (χ1v) is 7.95. The average Bonchev–Trinajstić information content (AvgIpc) is 2.35. The van der Waals surface area contributed by atoms with Crippen molar-refractivity contribution in [3.63, 3.8) is 0 Å². The molecule has 5 nitrogen and oxygen atoms in total. The molecule has 0 spiro atoms. The van der Waals surface area contributed by atoms with Crippen molar-refractivity contribution in [3.05, 3.63) is 29.8 Å². The Kier molecular flexibility index (Phi) is 5.30. The number of sulfonamides is 1. The van der Waals surface area contributed by atoms with E-state index in [2.05, 4.69) is 0 Å². The van der Waals surface area contributed by atoms with E-state index in [0.29, 0.717) is 6.54 Å². The topological polar surface area (TPSA) is 74.7 Å². The van der Waals surface area contributed by atoms with Crippen LogP contribution in [0.3, 0.4) is 0 Å². The highest BCUT2D eigenvalue weighted by atomic mass is 32.2. The van der Waals surface area contributed by atoms with Gasteiger partial charge in [-0.05, 0) is 38.0 Å². The Hall–Kier alpha value is -1.40. The van der Waals surface area contributed by atoms with Crippen LogP contribution in [0.2, 0.25) is 0 Å².